The molecule has 2 nitrogen and oxygen atoms in total. The number of rotatable bonds is 4. The normalized spacial score (nSPS) is 23.3. The highest BCUT2D eigenvalue weighted by Gasteiger charge is 2.31. The van der Waals surface area contributed by atoms with Crippen molar-refractivity contribution in [1.82, 2.24) is 0 Å². The van der Waals surface area contributed by atoms with Crippen LogP contribution in [0.15, 0.2) is 36.0 Å². The first kappa shape index (κ1) is 14.9. The van der Waals surface area contributed by atoms with Crippen LogP contribution < -0.4 is 0 Å². The lowest BCUT2D eigenvalue weighted by Crippen LogP contribution is -2.26. The monoisotopic (exact) mass is 248 g/mol. The molecule has 0 saturated heterocycles. The summed E-state index contributed by atoms with van der Waals surface area (Å²) in [4.78, 5) is 11.8. The molecule has 100 valence electrons. The summed E-state index contributed by atoms with van der Waals surface area (Å²) in [6.45, 7) is 12.0. The Morgan fingerprint density at radius 3 is 2.56 bits per heavy atom. The van der Waals surface area contributed by atoms with Crippen LogP contribution >= 0.6 is 0 Å². The van der Waals surface area contributed by atoms with Crippen molar-refractivity contribution in [2.24, 2.45) is 5.41 Å². The van der Waals surface area contributed by atoms with E-state index in [0.717, 1.165) is 17.6 Å². The molecule has 0 heterocycles. The van der Waals surface area contributed by atoms with Crippen molar-refractivity contribution in [3.63, 3.8) is 0 Å². The second-order valence-electron chi connectivity index (χ2n) is 5.77. The van der Waals surface area contributed by atoms with Gasteiger partial charge in [-0.25, -0.2) is 0 Å². The molecule has 0 aromatic rings. The minimum Gasteiger partial charge on any atom is -0.370 e. The maximum absolute atomic E-state index is 11.8. The molecule has 1 unspecified atom stereocenters. The Morgan fingerprint density at radius 2 is 2.06 bits per heavy atom. The number of carbonyl (C=O) groups excluding carboxylic acids is 1. The van der Waals surface area contributed by atoms with Crippen LogP contribution in [0.5, 0.6) is 0 Å². The predicted octanol–water partition coefficient (Wildman–Crippen LogP) is 3.84. The first-order chi connectivity index (χ1) is 8.25. The van der Waals surface area contributed by atoms with Gasteiger partial charge in [0.2, 0.25) is 0 Å². The lowest BCUT2D eigenvalue weighted by atomic mass is 9.72. The van der Waals surface area contributed by atoms with E-state index in [1.165, 1.54) is 0 Å². The summed E-state index contributed by atoms with van der Waals surface area (Å²) in [5, 5.41) is 0. The molecule has 0 aromatic carbocycles. The van der Waals surface area contributed by atoms with Crippen molar-refractivity contribution in [3.05, 3.63) is 36.0 Å². The molecule has 0 fully saturated rings. The van der Waals surface area contributed by atoms with Crippen LogP contribution in [0.3, 0.4) is 0 Å². The van der Waals surface area contributed by atoms with Crippen molar-refractivity contribution in [3.8, 4) is 0 Å². The summed E-state index contributed by atoms with van der Waals surface area (Å²) in [5.41, 5.74) is 1.56. The maximum atomic E-state index is 11.8. The van der Waals surface area contributed by atoms with Crippen LogP contribution in [0.25, 0.3) is 0 Å². The average molecular weight is 248 g/mol. The van der Waals surface area contributed by atoms with Crippen molar-refractivity contribution in [2.45, 2.75) is 46.1 Å². The van der Waals surface area contributed by atoms with Crippen LogP contribution in [0.2, 0.25) is 0 Å². The van der Waals surface area contributed by atoms with Gasteiger partial charge in [0, 0.05) is 13.5 Å². The summed E-state index contributed by atoms with van der Waals surface area (Å²) in [6, 6.07) is 0. The Balaban J connectivity index is 3.13. The van der Waals surface area contributed by atoms with Gasteiger partial charge in [-0.15, -0.1) is 0 Å². The van der Waals surface area contributed by atoms with Crippen molar-refractivity contribution in [1.29, 1.82) is 0 Å². The van der Waals surface area contributed by atoms with Gasteiger partial charge in [0.15, 0.2) is 5.78 Å². The minimum atomic E-state index is -0.482. The highest BCUT2D eigenvalue weighted by atomic mass is 16.5. The van der Waals surface area contributed by atoms with Gasteiger partial charge in [0.05, 0.1) is 0 Å². The average Bonchev–Trinajstić information content (AvgIpc) is 2.34. The molecule has 1 aliphatic carbocycles. The van der Waals surface area contributed by atoms with Crippen molar-refractivity contribution < 1.29 is 9.53 Å². The van der Waals surface area contributed by atoms with Gasteiger partial charge in [0.1, 0.15) is 5.60 Å². The van der Waals surface area contributed by atoms with Gasteiger partial charge >= 0.3 is 0 Å². The lowest BCUT2D eigenvalue weighted by molar-refractivity contribution is -0.116. The van der Waals surface area contributed by atoms with E-state index in [1.807, 2.05) is 26.0 Å². The molecule has 0 radical (unpaired) electrons. The standard InChI is InChI=1S/C16H24O2/c1-7-16(5,18-6)11-8-13-12(2)14(17)9-10-15(13,3)4/h7-8,11H,1,9-10H2,2-6H3. The molecule has 2 heteroatoms. The molecular weight excluding hydrogens is 224 g/mol. The number of allylic oxidation sites excluding steroid dienone is 3. The molecule has 18 heavy (non-hydrogen) atoms. The topological polar surface area (TPSA) is 26.3 Å². The largest absolute Gasteiger partial charge is 0.370 e. The summed E-state index contributed by atoms with van der Waals surface area (Å²) >= 11 is 0. The van der Waals surface area contributed by atoms with Crippen LogP contribution in [0, 0.1) is 5.41 Å². The zero-order valence-electron chi connectivity index (χ0n) is 12.2. The molecule has 0 spiro atoms. The Morgan fingerprint density at radius 1 is 1.44 bits per heavy atom. The van der Waals surface area contributed by atoms with Gasteiger partial charge in [-0.3, -0.25) is 4.79 Å². The molecule has 1 aliphatic rings. The van der Waals surface area contributed by atoms with E-state index in [-0.39, 0.29) is 11.2 Å². The van der Waals surface area contributed by atoms with E-state index < -0.39 is 5.60 Å². The Hall–Kier alpha value is -1.15. The van der Waals surface area contributed by atoms with Gasteiger partial charge in [-0.05, 0) is 42.9 Å². The Kier molecular flexibility index (Phi) is 4.33. The molecule has 0 aromatic heterocycles. The van der Waals surface area contributed by atoms with E-state index in [0.29, 0.717) is 6.42 Å². The van der Waals surface area contributed by atoms with Gasteiger partial charge in [-0.2, -0.15) is 0 Å². The minimum absolute atomic E-state index is 0.0459. The van der Waals surface area contributed by atoms with Crippen LogP contribution in [0.1, 0.15) is 40.5 Å². The molecule has 0 N–H and O–H groups in total. The lowest BCUT2D eigenvalue weighted by Gasteiger charge is -2.32. The maximum Gasteiger partial charge on any atom is 0.158 e. The Labute approximate surface area is 110 Å². The smallest absolute Gasteiger partial charge is 0.158 e. The third kappa shape index (κ3) is 2.99. The van der Waals surface area contributed by atoms with E-state index >= 15 is 0 Å². The predicted molar refractivity (Wildman–Crippen MR) is 75.5 cm³/mol. The summed E-state index contributed by atoms with van der Waals surface area (Å²) in [5.74, 6) is 0.256. The summed E-state index contributed by atoms with van der Waals surface area (Å²) in [7, 11) is 1.66. The first-order valence-electron chi connectivity index (χ1n) is 6.38. The second kappa shape index (κ2) is 5.23. The van der Waals surface area contributed by atoms with E-state index in [1.54, 1.807) is 13.2 Å². The second-order valence-corrected chi connectivity index (χ2v) is 5.77. The quantitative estimate of drug-likeness (QED) is 0.707. The highest BCUT2D eigenvalue weighted by molar-refractivity contribution is 5.97. The van der Waals surface area contributed by atoms with E-state index in [9.17, 15) is 4.79 Å². The van der Waals surface area contributed by atoms with Crippen molar-refractivity contribution in [2.75, 3.05) is 7.11 Å². The molecule has 1 atom stereocenters. The number of ketones is 1. The fraction of sp³-hybridized carbons (Fsp3) is 0.562. The van der Waals surface area contributed by atoms with Crippen LogP contribution in [-0.2, 0) is 9.53 Å². The highest BCUT2D eigenvalue weighted by Crippen LogP contribution is 2.39. The molecule has 1 rings (SSSR count). The number of Topliss-reactive ketones (excluding diaryl/α,β-unsaturated/α-hetero) is 1. The molecule has 0 aliphatic heterocycles. The third-order valence-corrected chi connectivity index (χ3v) is 3.95. The zero-order chi connectivity index (χ0) is 14.0. The van der Waals surface area contributed by atoms with E-state index in [4.69, 9.17) is 4.74 Å². The summed E-state index contributed by atoms with van der Waals surface area (Å²) in [6.07, 6.45) is 7.31. The third-order valence-electron chi connectivity index (χ3n) is 3.95. The van der Waals surface area contributed by atoms with Gasteiger partial charge < -0.3 is 4.74 Å². The molecule has 0 saturated carbocycles. The van der Waals surface area contributed by atoms with Crippen LogP contribution in [0.4, 0.5) is 0 Å². The number of carbonyl (C=O) groups is 1. The Bertz CT molecular complexity index is 413. The molecule has 0 bridgehead atoms. The zero-order valence-corrected chi connectivity index (χ0v) is 12.2. The summed E-state index contributed by atoms with van der Waals surface area (Å²) < 4.78 is 5.40. The number of hydrogen-bond acceptors (Lipinski definition) is 2. The fourth-order valence-electron chi connectivity index (χ4n) is 2.22. The number of hydrogen-bond donors (Lipinski definition) is 0. The molecular formula is C16H24O2. The number of ether oxygens (including phenoxy) is 1. The SMILES string of the molecule is C=CC(C)(C=CC1=C(C)C(=O)CCC1(C)C)OC. The van der Waals surface area contributed by atoms with Gasteiger partial charge in [-0.1, -0.05) is 32.6 Å². The first-order valence-corrected chi connectivity index (χ1v) is 6.38. The van der Waals surface area contributed by atoms with Gasteiger partial charge in [0.25, 0.3) is 0 Å². The fourth-order valence-corrected chi connectivity index (χ4v) is 2.22. The number of methoxy groups -OCH3 is 1. The van der Waals surface area contributed by atoms with E-state index in [2.05, 4.69) is 20.4 Å². The molecule has 0 amide bonds. The van der Waals surface area contributed by atoms with Crippen molar-refractivity contribution >= 4 is 5.78 Å². The van der Waals surface area contributed by atoms with Crippen LogP contribution in [-0.4, -0.2) is 18.5 Å².